The van der Waals surface area contributed by atoms with Crippen molar-refractivity contribution in [3.8, 4) is 17.4 Å². The Labute approximate surface area is 149 Å². The Bertz CT molecular complexity index is 977. The van der Waals surface area contributed by atoms with E-state index < -0.39 is 5.97 Å². The first-order valence-corrected chi connectivity index (χ1v) is 7.74. The van der Waals surface area contributed by atoms with Crippen molar-refractivity contribution < 1.29 is 14.3 Å². The molecule has 0 atom stereocenters. The van der Waals surface area contributed by atoms with Crippen LogP contribution < -0.4 is 5.11 Å². The molecule has 0 N–H and O–H groups in total. The van der Waals surface area contributed by atoms with E-state index in [1.807, 2.05) is 0 Å². The van der Waals surface area contributed by atoms with Crippen molar-refractivity contribution >= 4 is 29.2 Å². The molecule has 0 fully saturated rings. The van der Waals surface area contributed by atoms with E-state index in [9.17, 15) is 15.2 Å². The van der Waals surface area contributed by atoms with E-state index in [0.717, 1.165) is 11.1 Å². The lowest BCUT2D eigenvalue weighted by Crippen LogP contribution is -2.21. The number of rotatable bonds is 4. The number of benzene rings is 2. The quantitative estimate of drug-likeness (QED) is 0.667. The number of carbonyl (C=O) groups excluding carboxylic acids is 1. The van der Waals surface area contributed by atoms with Gasteiger partial charge in [0.25, 0.3) is 0 Å². The molecule has 1 aromatic heterocycles. The first kappa shape index (κ1) is 16.6. The lowest BCUT2D eigenvalue weighted by molar-refractivity contribution is -0.255. The number of carboxylic acids is 1. The predicted molar refractivity (Wildman–Crippen MR) is 93.4 cm³/mol. The van der Waals surface area contributed by atoms with Gasteiger partial charge < -0.3 is 14.3 Å². The Kier molecular flexibility index (Phi) is 4.69. The fraction of sp³-hybridized carbons (Fsp3) is 0. The summed E-state index contributed by atoms with van der Waals surface area (Å²) < 4.78 is 5.73. The molecule has 25 heavy (non-hydrogen) atoms. The maximum Gasteiger partial charge on any atom is 0.134 e. The molecule has 0 spiro atoms. The number of carboxylic acid groups (broad SMARTS) is 1. The minimum atomic E-state index is -1.23. The van der Waals surface area contributed by atoms with Crippen LogP contribution in [0.25, 0.3) is 23.0 Å². The standard InChI is InChI=1S/C20H12ClNO3/c21-17-7-5-13(6-8-17)16(12-22)11-18-9-10-19(25-18)14-1-3-15(4-2-14)20(23)24/h1-11H,(H,23,24)/p-1/b16-11+. The first-order chi connectivity index (χ1) is 12.1. The Hall–Kier alpha value is -3.29. The van der Waals surface area contributed by atoms with Crippen molar-refractivity contribution in [1.29, 1.82) is 5.26 Å². The van der Waals surface area contributed by atoms with Gasteiger partial charge in [0.1, 0.15) is 11.5 Å². The number of hydrogen-bond donors (Lipinski definition) is 0. The second kappa shape index (κ2) is 7.08. The van der Waals surface area contributed by atoms with Crippen LogP contribution in [0, 0.1) is 11.3 Å². The third kappa shape index (κ3) is 3.79. The normalized spacial score (nSPS) is 11.1. The third-order valence-corrected chi connectivity index (χ3v) is 3.85. The van der Waals surface area contributed by atoms with Crippen molar-refractivity contribution in [2.24, 2.45) is 0 Å². The highest BCUT2D eigenvalue weighted by molar-refractivity contribution is 6.30. The van der Waals surface area contributed by atoms with Gasteiger partial charge in [-0.05, 0) is 41.5 Å². The number of halogens is 1. The molecule has 0 bridgehead atoms. The van der Waals surface area contributed by atoms with Gasteiger partial charge in [-0.2, -0.15) is 5.26 Å². The number of nitriles is 1. The van der Waals surface area contributed by atoms with E-state index in [1.54, 1.807) is 54.6 Å². The molecule has 3 aromatic rings. The zero-order chi connectivity index (χ0) is 17.8. The molecule has 4 nitrogen and oxygen atoms in total. The van der Waals surface area contributed by atoms with Crippen LogP contribution >= 0.6 is 11.6 Å². The van der Waals surface area contributed by atoms with Crippen LogP contribution in [0.15, 0.2) is 65.1 Å². The molecule has 3 rings (SSSR count). The maximum atomic E-state index is 10.8. The molecule has 0 saturated carbocycles. The van der Waals surface area contributed by atoms with Gasteiger partial charge in [-0.1, -0.05) is 48.0 Å². The van der Waals surface area contributed by atoms with Crippen LogP contribution in [0.1, 0.15) is 21.7 Å². The maximum absolute atomic E-state index is 10.8. The molecule has 0 amide bonds. The van der Waals surface area contributed by atoms with Gasteiger partial charge in [0.05, 0.1) is 17.6 Å². The van der Waals surface area contributed by atoms with Crippen LogP contribution in [-0.2, 0) is 0 Å². The first-order valence-electron chi connectivity index (χ1n) is 7.36. The molecule has 0 aliphatic heterocycles. The van der Waals surface area contributed by atoms with Gasteiger partial charge in [0.2, 0.25) is 0 Å². The van der Waals surface area contributed by atoms with Gasteiger partial charge in [0, 0.05) is 10.6 Å². The van der Waals surface area contributed by atoms with Crippen LogP contribution in [0.2, 0.25) is 5.02 Å². The fourth-order valence-electron chi connectivity index (χ4n) is 2.31. The number of hydrogen-bond acceptors (Lipinski definition) is 4. The Morgan fingerprint density at radius 2 is 1.64 bits per heavy atom. The molecule has 0 radical (unpaired) electrons. The average Bonchev–Trinajstić information content (AvgIpc) is 3.09. The summed E-state index contributed by atoms with van der Waals surface area (Å²) in [6.45, 7) is 0. The van der Waals surface area contributed by atoms with Crippen LogP contribution in [-0.4, -0.2) is 5.97 Å². The summed E-state index contributed by atoms with van der Waals surface area (Å²) in [4.78, 5) is 10.8. The summed E-state index contributed by atoms with van der Waals surface area (Å²) in [6.07, 6.45) is 1.64. The lowest BCUT2D eigenvalue weighted by Gasteiger charge is -2.02. The highest BCUT2D eigenvalue weighted by Gasteiger charge is 2.07. The van der Waals surface area contributed by atoms with Crippen molar-refractivity contribution in [3.05, 3.63) is 82.6 Å². The molecule has 0 unspecified atom stereocenters. The SMILES string of the molecule is N#C/C(=C\c1ccc(-c2ccc(C(=O)[O-])cc2)o1)c1ccc(Cl)cc1. The zero-order valence-electron chi connectivity index (χ0n) is 12.9. The zero-order valence-corrected chi connectivity index (χ0v) is 13.7. The summed E-state index contributed by atoms with van der Waals surface area (Å²) in [5, 5.41) is 20.7. The van der Waals surface area contributed by atoms with E-state index in [2.05, 4.69) is 6.07 Å². The van der Waals surface area contributed by atoms with Crippen molar-refractivity contribution in [3.63, 3.8) is 0 Å². The lowest BCUT2D eigenvalue weighted by atomic mass is 10.1. The molecular weight excluding hydrogens is 338 g/mol. The molecule has 0 aliphatic carbocycles. The molecule has 0 aliphatic rings. The van der Waals surface area contributed by atoms with Gasteiger partial charge in [-0.15, -0.1) is 0 Å². The second-order valence-electron chi connectivity index (χ2n) is 5.24. The number of aromatic carboxylic acids is 1. The Morgan fingerprint density at radius 3 is 2.24 bits per heavy atom. The smallest absolute Gasteiger partial charge is 0.134 e. The summed E-state index contributed by atoms with van der Waals surface area (Å²) in [5.41, 5.74) is 2.02. The van der Waals surface area contributed by atoms with Crippen molar-refractivity contribution in [2.75, 3.05) is 0 Å². The fourth-order valence-corrected chi connectivity index (χ4v) is 2.43. The molecular formula is C20H11ClNO3-. The van der Waals surface area contributed by atoms with E-state index in [4.69, 9.17) is 16.0 Å². The molecule has 5 heteroatoms. The summed E-state index contributed by atoms with van der Waals surface area (Å²) in [7, 11) is 0. The summed E-state index contributed by atoms with van der Waals surface area (Å²) in [5.74, 6) is -0.133. The Morgan fingerprint density at radius 1 is 1.00 bits per heavy atom. The monoisotopic (exact) mass is 348 g/mol. The molecule has 2 aromatic carbocycles. The average molecular weight is 349 g/mol. The number of nitrogens with zero attached hydrogens (tertiary/aromatic N) is 1. The van der Waals surface area contributed by atoms with E-state index in [0.29, 0.717) is 22.1 Å². The van der Waals surface area contributed by atoms with Gasteiger partial charge in [-0.25, -0.2) is 0 Å². The summed E-state index contributed by atoms with van der Waals surface area (Å²) in [6, 6.07) is 18.8. The largest absolute Gasteiger partial charge is 0.545 e. The highest BCUT2D eigenvalue weighted by atomic mass is 35.5. The topological polar surface area (TPSA) is 77.1 Å². The van der Waals surface area contributed by atoms with E-state index >= 15 is 0 Å². The van der Waals surface area contributed by atoms with Gasteiger partial charge in [-0.3, -0.25) is 0 Å². The molecule has 122 valence electrons. The van der Waals surface area contributed by atoms with Crippen LogP contribution in [0.3, 0.4) is 0 Å². The van der Waals surface area contributed by atoms with Crippen LogP contribution in [0.4, 0.5) is 0 Å². The van der Waals surface area contributed by atoms with E-state index in [-0.39, 0.29) is 5.56 Å². The minimum Gasteiger partial charge on any atom is -0.545 e. The predicted octanol–water partition coefficient (Wildman–Crippen LogP) is 4.03. The summed E-state index contributed by atoms with van der Waals surface area (Å²) >= 11 is 5.86. The van der Waals surface area contributed by atoms with Gasteiger partial charge >= 0.3 is 0 Å². The van der Waals surface area contributed by atoms with Crippen molar-refractivity contribution in [1.82, 2.24) is 0 Å². The second-order valence-corrected chi connectivity index (χ2v) is 5.68. The number of carbonyl (C=O) groups is 1. The van der Waals surface area contributed by atoms with Gasteiger partial charge in [0.15, 0.2) is 0 Å². The number of furan rings is 1. The number of allylic oxidation sites excluding steroid dienone is 1. The van der Waals surface area contributed by atoms with E-state index in [1.165, 1.54) is 12.1 Å². The minimum absolute atomic E-state index is 0.102. The molecule has 1 heterocycles. The Balaban J connectivity index is 1.88. The molecule has 0 saturated heterocycles. The highest BCUT2D eigenvalue weighted by Crippen LogP contribution is 2.26. The van der Waals surface area contributed by atoms with Crippen LogP contribution in [0.5, 0.6) is 0 Å². The van der Waals surface area contributed by atoms with Crippen molar-refractivity contribution in [2.45, 2.75) is 0 Å². The third-order valence-electron chi connectivity index (χ3n) is 3.59.